The van der Waals surface area contributed by atoms with Gasteiger partial charge in [-0.15, -0.1) is 12.4 Å². The van der Waals surface area contributed by atoms with Crippen LogP contribution in [-0.4, -0.2) is 42.1 Å². The lowest BCUT2D eigenvalue weighted by Gasteiger charge is -2.32. The second-order valence-electron chi connectivity index (χ2n) is 6.60. The smallest absolute Gasteiger partial charge is 0.254 e. The molecule has 0 spiro atoms. The molecule has 1 amide bonds. The van der Waals surface area contributed by atoms with E-state index in [0.29, 0.717) is 11.5 Å². The van der Waals surface area contributed by atoms with Crippen LogP contribution in [0, 0.1) is 5.92 Å². The van der Waals surface area contributed by atoms with E-state index in [1.54, 1.807) is 11.6 Å². The number of nitrogens with one attached hydrogen (secondary N) is 1. The number of rotatable bonds is 4. The van der Waals surface area contributed by atoms with Crippen molar-refractivity contribution in [1.29, 1.82) is 0 Å². The maximum Gasteiger partial charge on any atom is 0.254 e. The van der Waals surface area contributed by atoms with Crippen molar-refractivity contribution in [3.63, 3.8) is 0 Å². The molecular weight excluding hydrogens is 338 g/mol. The number of carbonyl (C=O) groups excluding carboxylic acids is 1. The van der Waals surface area contributed by atoms with Crippen molar-refractivity contribution in [3.8, 4) is 0 Å². The fourth-order valence-electron chi connectivity index (χ4n) is 3.53. The first-order valence-corrected chi connectivity index (χ1v) is 8.64. The lowest BCUT2D eigenvalue weighted by molar-refractivity contribution is 0.0689. The molecular formula is C19H26ClN3O2. The molecule has 1 aliphatic rings. The topological polar surface area (TPSA) is 54.3 Å². The summed E-state index contributed by atoms with van der Waals surface area (Å²) in [7, 11) is 3.71. The average molecular weight is 364 g/mol. The summed E-state index contributed by atoms with van der Waals surface area (Å²) in [6.07, 6.45) is 3.24. The summed E-state index contributed by atoms with van der Waals surface area (Å²) in [4.78, 5) is 27.1. The van der Waals surface area contributed by atoms with Crippen LogP contribution in [0.25, 0.3) is 10.9 Å². The highest BCUT2D eigenvalue weighted by atomic mass is 35.5. The Kier molecular flexibility index (Phi) is 6.62. The van der Waals surface area contributed by atoms with E-state index in [9.17, 15) is 9.59 Å². The van der Waals surface area contributed by atoms with Crippen LogP contribution in [0.1, 0.15) is 29.6 Å². The molecule has 1 N–H and O–H groups in total. The molecule has 0 atom stereocenters. The molecule has 0 aliphatic carbocycles. The van der Waals surface area contributed by atoms with Crippen LogP contribution in [0.5, 0.6) is 0 Å². The third-order valence-electron chi connectivity index (χ3n) is 5.09. The van der Waals surface area contributed by atoms with Crippen LogP contribution in [-0.2, 0) is 7.05 Å². The van der Waals surface area contributed by atoms with Crippen molar-refractivity contribution in [1.82, 2.24) is 14.8 Å². The molecule has 136 valence electrons. The molecule has 1 aliphatic heterocycles. The zero-order valence-corrected chi connectivity index (χ0v) is 15.6. The van der Waals surface area contributed by atoms with Gasteiger partial charge in [-0.05, 0) is 44.8 Å². The van der Waals surface area contributed by atoms with Crippen LogP contribution in [0.4, 0.5) is 0 Å². The highest BCUT2D eigenvalue weighted by molar-refractivity contribution is 6.06. The quantitative estimate of drug-likeness (QED) is 0.907. The molecule has 2 aromatic rings. The molecule has 1 aromatic heterocycles. The minimum absolute atomic E-state index is 0. The third-order valence-corrected chi connectivity index (χ3v) is 5.09. The second kappa shape index (κ2) is 8.50. The summed E-state index contributed by atoms with van der Waals surface area (Å²) in [5, 5.41) is 4.04. The average Bonchev–Trinajstić information content (AvgIpc) is 2.63. The Labute approximate surface area is 154 Å². The van der Waals surface area contributed by atoms with Gasteiger partial charge in [0.15, 0.2) is 0 Å². The minimum atomic E-state index is -0.138. The van der Waals surface area contributed by atoms with Crippen LogP contribution in [0.15, 0.2) is 35.1 Å². The van der Waals surface area contributed by atoms with Crippen LogP contribution in [0.2, 0.25) is 0 Å². The number of benzene rings is 1. The predicted molar refractivity (Wildman–Crippen MR) is 104 cm³/mol. The second-order valence-corrected chi connectivity index (χ2v) is 6.60. The number of halogens is 1. The van der Waals surface area contributed by atoms with Crippen LogP contribution < -0.4 is 10.9 Å². The van der Waals surface area contributed by atoms with Crippen LogP contribution in [0.3, 0.4) is 0 Å². The molecule has 2 heterocycles. The van der Waals surface area contributed by atoms with E-state index in [-0.39, 0.29) is 23.9 Å². The predicted octanol–water partition coefficient (Wildman–Crippen LogP) is 2.42. The fraction of sp³-hybridized carbons (Fsp3) is 0.474. The Morgan fingerprint density at radius 1 is 1.24 bits per heavy atom. The van der Waals surface area contributed by atoms with Gasteiger partial charge in [0.2, 0.25) is 0 Å². The van der Waals surface area contributed by atoms with Gasteiger partial charge in [-0.1, -0.05) is 18.2 Å². The maximum absolute atomic E-state index is 13.0. The standard InChI is InChI=1S/C19H25N3O2.ClH/c1-20-10-7-14-8-11-22(12-9-14)19(24)16-13-18(23)21(2)17-6-4-3-5-15(16)17;/h3-6,13-14,20H,7-12H2,1-2H3;1H. The summed E-state index contributed by atoms with van der Waals surface area (Å²) < 4.78 is 1.59. The number of aromatic nitrogens is 1. The normalized spacial score (nSPS) is 15.2. The monoisotopic (exact) mass is 363 g/mol. The summed E-state index contributed by atoms with van der Waals surface area (Å²) in [6.45, 7) is 2.57. The maximum atomic E-state index is 13.0. The van der Waals surface area contributed by atoms with Crippen molar-refractivity contribution in [2.24, 2.45) is 13.0 Å². The number of nitrogens with zero attached hydrogens (tertiary/aromatic N) is 2. The van der Waals surface area contributed by atoms with Crippen LogP contribution >= 0.6 is 12.4 Å². The van der Waals surface area contributed by atoms with Gasteiger partial charge in [-0.2, -0.15) is 0 Å². The number of amides is 1. The molecule has 0 saturated carbocycles. The van der Waals surface area contributed by atoms with E-state index in [0.717, 1.165) is 49.8 Å². The minimum Gasteiger partial charge on any atom is -0.339 e. The zero-order chi connectivity index (χ0) is 17.1. The van der Waals surface area contributed by atoms with Gasteiger partial charge in [0.25, 0.3) is 11.5 Å². The van der Waals surface area contributed by atoms with Gasteiger partial charge >= 0.3 is 0 Å². The third kappa shape index (κ3) is 4.05. The van der Waals surface area contributed by atoms with Crippen molar-refractivity contribution in [2.75, 3.05) is 26.7 Å². The first-order chi connectivity index (χ1) is 11.6. The molecule has 5 nitrogen and oxygen atoms in total. The molecule has 6 heteroatoms. The molecule has 3 rings (SSSR count). The molecule has 25 heavy (non-hydrogen) atoms. The number of carbonyl (C=O) groups is 1. The van der Waals surface area contributed by atoms with Gasteiger partial charge in [-0.3, -0.25) is 9.59 Å². The number of hydrogen-bond donors (Lipinski definition) is 1. The molecule has 0 bridgehead atoms. The van der Waals surface area contributed by atoms with Crippen molar-refractivity contribution >= 4 is 29.2 Å². The van der Waals surface area contributed by atoms with E-state index in [2.05, 4.69) is 5.32 Å². The van der Waals surface area contributed by atoms with Crippen molar-refractivity contribution < 1.29 is 4.79 Å². The number of pyridine rings is 1. The number of aryl methyl sites for hydroxylation is 1. The SMILES string of the molecule is CNCCC1CCN(C(=O)c2cc(=O)n(C)c3ccccc23)CC1.Cl. The van der Waals surface area contributed by atoms with E-state index >= 15 is 0 Å². The van der Waals surface area contributed by atoms with Gasteiger partial charge in [0.1, 0.15) is 0 Å². The number of para-hydroxylation sites is 1. The Balaban J connectivity index is 0.00000225. The lowest BCUT2D eigenvalue weighted by atomic mass is 9.93. The van der Waals surface area contributed by atoms with E-state index in [1.807, 2.05) is 36.2 Å². The Morgan fingerprint density at radius 2 is 1.92 bits per heavy atom. The number of hydrogen-bond acceptors (Lipinski definition) is 3. The molecule has 1 fully saturated rings. The zero-order valence-electron chi connectivity index (χ0n) is 14.8. The summed E-state index contributed by atoms with van der Waals surface area (Å²) >= 11 is 0. The molecule has 0 unspecified atom stereocenters. The lowest BCUT2D eigenvalue weighted by Crippen LogP contribution is -2.39. The first-order valence-electron chi connectivity index (χ1n) is 8.64. The Hall–Kier alpha value is -1.85. The largest absolute Gasteiger partial charge is 0.339 e. The molecule has 0 radical (unpaired) electrons. The van der Waals surface area contributed by atoms with E-state index in [4.69, 9.17) is 0 Å². The Bertz CT molecular complexity index is 795. The molecule has 1 aromatic carbocycles. The first kappa shape index (κ1) is 19.5. The summed E-state index contributed by atoms with van der Waals surface area (Å²) in [5.41, 5.74) is 1.19. The number of piperidine rings is 1. The molecule has 1 saturated heterocycles. The number of fused-ring (bicyclic) bond motifs is 1. The highest BCUT2D eigenvalue weighted by Crippen LogP contribution is 2.23. The Morgan fingerprint density at radius 3 is 2.60 bits per heavy atom. The summed E-state index contributed by atoms with van der Waals surface area (Å²) in [6, 6.07) is 9.09. The van der Waals surface area contributed by atoms with Gasteiger partial charge < -0.3 is 14.8 Å². The van der Waals surface area contributed by atoms with Gasteiger partial charge in [-0.25, -0.2) is 0 Å². The van der Waals surface area contributed by atoms with E-state index in [1.165, 1.54) is 6.07 Å². The van der Waals surface area contributed by atoms with Gasteiger partial charge in [0.05, 0.1) is 11.1 Å². The fourth-order valence-corrected chi connectivity index (χ4v) is 3.53. The van der Waals surface area contributed by atoms with Crippen molar-refractivity contribution in [3.05, 3.63) is 46.2 Å². The highest BCUT2D eigenvalue weighted by Gasteiger charge is 2.25. The number of likely N-dealkylation sites (tertiary alicyclic amines) is 1. The van der Waals surface area contributed by atoms with Crippen molar-refractivity contribution in [2.45, 2.75) is 19.3 Å². The van der Waals surface area contributed by atoms with Gasteiger partial charge in [0, 0.05) is 31.6 Å². The summed E-state index contributed by atoms with van der Waals surface area (Å²) in [5.74, 6) is 0.665. The van der Waals surface area contributed by atoms with E-state index < -0.39 is 0 Å².